The summed E-state index contributed by atoms with van der Waals surface area (Å²) in [6.45, 7) is 2.73. The van der Waals surface area contributed by atoms with Crippen LogP contribution >= 0.6 is 11.3 Å². The van der Waals surface area contributed by atoms with Crippen molar-refractivity contribution in [2.75, 3.05) is 10.6 Å². The smallest absolute Gasteiger partial charge is 0.259 e. The Balaban J connectivity index is 1.48. The van der Waals surface area contributed by atoms with E-state index in [9.17, 15) is 4.79 Å². The monoisotopic (exact) mass is 477 g/mol. The van der Waals surface area contributed by atoms with Crippen molar-refractivity contribution >= 4 is 28.2 Å². The molecule has 0 aliphatic carbocycles. The number of aryl methyl sites for hydroxylation is 1. The third kappa shape index (κ3) is 5.42. The summed E-state index contributed by atoms with van der Waals surface area (Å²) in [5.41, 5.74) is 5.60. The van der Waals surface area contributed by atoms with Crippen LogP contribution in [-0.4, -0.2) is 20.9 Å². The molecule has 7 heteroatoms. The molecule has 6 nitrogen and oxygen atoms in total. The fourth-order valence-corrected chi connectivity index (χ4v) is 4.66. The van der Waals surface area contributed by atoms with E-state index in [0.29, 0.717) is 17.2 Å². The molecule has 0 unspecified atom stereocenters. The van der Waals surface area contributed by atoms with Gasteiger partial charge < -0.3 is 5.32 Å². The molecule has 0 saturated heterocycles. The van der Waals surface area contributed by atoms with E-state index in [1.807, 2.05) is 42.5 Å². The largest absolute Gasteiger partial charge is 0.366 e. The van der Waals surface area contributed by atoms with Crippen molar-refractivity contribution in [1.82, 2.24) is 15.0 Å². The van der Waals surface area contributed by atoms with Gasteiger partial charge >= 0.3 is 0 Å². The molecule has 35 heavy (non-hydrogen) atoms. The molecule has 0 aliphatic rings. The average Bonchev–Trinajstić information content (AvgIpc) is 3.32. The van der Waals surface area contributed by atoms with Crippen LogP contribution in [0.25, 0.3) is 21.7 Å². The van der Waals surface area contributed by atoms with Gasteiger partial charge in [-0.3, -0.25) is 15.1 Å². The Morgan fingerprint density at radius 2 is 1.80 bits per heavy atom. The van der Waals surface area contributed by atoms with Gasteiger partial charge in [-0.05, 0) is 48.4 Å². The number of anilines is 2. The first kappa shape index (κ1) is 22.4. The Labute approximate surface area is 207 Å². The van der Waals surface area contributed by atoms with Crippen LogP contribution in [0, 0.1) is 6.92 Å². The van der Waals surface area contributed by atoms with E-state index in [1.54, 1.807) is 30.7 Å². The molecule has 0 radical (unpaired) electrons. The van der Waals surface area contributed by atoms with Gasteiger partial charge in [-0.1, -0.05) is 65.4 Å². The lowest BCUT2D eigenvalue weighted by molar-refractivity contribution is 0.102. The SMILES string of the molecule is Cc1cccc(-c2nc(NC(=O)c3cccnc3)sc2-c2ccnc(NCc3ccccc3)c2)c1. The quantitative estimate of drug-likeness (QED) is 0.282. The summed E-state index contributed by atoms with van der Waals surface area (Å²) >= 11 is 1.44. The van der Waals surface area contributed by atoms with Crippen LogP contribution < -0.4 is 10.6 Å². The van der Waals surface area contributed by atoms with Gasteiger partial charge in [0, 0.05) is 30.7 Å². The number of hydrogen-bond acceptors (Lipinski definition) is 6. The van der Waals surface area contributed by atoms with Gasteiger partial charge in [0.2, 0.25) is 0 Å². The topological polar surface area (TPSA) is 79.8 Å². The number of pyridine rings is 2. The van der Waals surface area contributed by atoms with Gasteiger partial charge in [-0.2, -0.15) is 0 Å². The number of benzene rings is 2. The lowest BCUT2D eigenvalue weighted by atomic mass is 10.1. The molecule has 0 saturated carbocycles. The van der Waals surface area contributed by atoms with E-state index in [0.717, 1.165) is 33.1 Å². The normalized spacial score (nSPS) is 10.7. The first-order chi connectivity index (χ1) is 17.2. The molecule has 5 aromatic rings. The Bertz CT molecular complexity index is 1450. The number of hydrogen-bond donors (Lipinski definition) is 2. The molecule has 0 spiro atoms. The minimum Gasteiger partial charge on any atom is -0.366 e. The molecule has 172 valence electrons. The predicted octanol–water partition coefficient (Wildman–Crippen LogP) is 6.44. The molecule has 3 aromatic heterocycles. The number of carbonyl (C=O) groups is 1. The lowest BCUT2D eigenvalue weighted by Crippen LogP contribution is -2.11. The molecule has 0 aliphatic heterocycles. The Morgan fingerprint density at radius 1 is 0.914 bits per heavy atom. The fraction of sp³-hybridized carbons (Fsp3) is 0.0714. The number of thiazole rings is 1. The maximum atomic E-state index is 12.7. The van der Waals surface area contributed by atoms with Gasteiger partial charge in [-0.25, -0.2) is 9.97 Å². The maximum absolute atomic E-state index is 12.7. The third-order valence-corrected chi connectivity index (χ3v) is 6.42. The number of carbonyl (C=O) groups excluding carboxylic acids is 1. The van der Waals surface area contributed by atoms with Gasteiger partial charge in [0.1, 0.15) is 5.82 Å². The number of nitrogens with zero attached hydrogens (tertiary/aromatic N) is 3. The van der Waals surface area contributed by atoms with Crippen LogP contribution in [0.5, 0.6) is 0 Å². The summed E-state index contributed by atoms with van der Waals surface area (Å²) in [4.78, 5) is 27.0. The van der Waals surface area contributed by atoms with Crippen molar-refractivity contribution in [3.63, 3.8) is 0 Å². The van der Waals surface area contributed by atoms with Crippen LogP contribution in [0.1, 0.15) is 21.5 Å². The lowest BCUT2D eigenvalue weighted by Gasteiger charge is -2.08. The Hall–Kier alpha value is -4.36. The number of nitrogens with one attached hydrogen (secondary N) is 2. The van der Waals surface area contributed by atoms with E-state index >= 15 is 0 Å². The van der Waals surface area contributed by atoms with E-state index in [4.69, 9.17) is 4.98 Å². The summed E-state index contributed by atoms with van der Waals surface area (Å²) in [6.07, 6.45) is 4.97. The number of rotatable bonds is 7. The highest BCUT2D eigenvalue weighted by atomic mass is 32.1. The molecule has 2 N–H and O–H groups in total. The molecule has 3 heterocycles. The molecular formula is C28H23N5OS. The molecule has 5 rings (SSSR count). The minimum absolute atomic E-state index is 0.242. The fourth-order valence-electron chi connectivity index (χ4n) is 3.68. The summed E-state index contributed by atoms with van der Waals surface area (Å²) in [6, 6.07) is 25.8. The first-order valence-corrected chi connectivity index (χ1v) is 12.0. The summed E-state index contributed by atoms with van der Waals surface area (Å²) in [7, 11) is 0. The van der Waals surface area contributed by atoms with E-state index in [-0.39, 0.29) is 5.91 Å². The highest BCUT2D eigenvalue weighted by Gasteiger charge is 2.18. The standard InChI is InChI=1S/C28H23N5OS/c1-19-7-5-10-21(15-19)25-26(35-28(32-25)33-27(34)23-11-6-13-29-18-23)22-12-14-30-24(16-22)31-17-20-8-3-2-4-9-20/h2-16,18H,17H2,1H3,(H,30,31)(H,32,33,34). The second-order valence-corrected chi connectivity index (χ2v) is 9.03. The van der Waals surface area contributed by atoms with Gasteiger partial charge in [0.15, 0.2) is 5.13 Å². The van der Waals surface area contributed by atoms with E-state index in [2.05, 4.69) is 51.8 Å². The maximum Gasteiger partial charge on any atom is 0.259 e. The first-order valence-electron chi connectivity index (χ1n) is 11.2. The van der Waals surface area contributed by atoms with Gasteiger partial charge in [0.05, 0.1) is 16.1 Å². The minimum atomic E-state index is -0.242. The Morgan fingerprint density at radius 3 is 2.60 bits per heavy atom. The second kappa shape index (κ2) is 10.3. The van der Waals surface area contributed by atoms with E-state index in [1.165, 1.54) is 16.9 Å². The van der Waals surface area contributed by atoms with Gasteiger partial charge in [-0.15, -0.1) is 0 Å². The summed E-state index contributed by atoms with van der Waals surface area (Å²) < 4.78 is 0. The van der Waals surface area contributed by atoms with Crippen LogP contribution in [0.4, 0.5) is 10.9 Å². The number of amides is 1. The summed E-state index contributed by atoms with van der Waals surface area (Å²) in [5.74, 6) is 0.532. The summed E-state index contributed by atoms with van der Waals surface area (Å²) in [5, 5.41) is 6.86. The van der Waals surface area contributed by atoms with Crippen LogP contribution in [0.3, 0.4) is 0 Å². The molecule has 0 fully saturated rings. The van der Waals surface area contributed by atoms with Crippen molar-refractivity contribution in [3.8, 4) is 21.7 Å². The van der Waals surface area contributed by atoms with Crippen molar-refractivity contribution in [1.29, 1.82) is 0 Å². The third-order valence-electron chi connectivity index (χ3n) is 5.40. The zero-order valence-electron chi connectivity index (χ0n) is 19.1. The molecular weight excluding hydrogens is 454 g/mol. The van der Waals surface area contributed by atoms with Crippen molar-refractivity contribution in [3.05, 3.63) is 114 Å². The van der Waals surface area contributed by atoms with Crippen molar-refractivity contribution < 1.29 is 4.79 Å². The zero-order valence-corrected chi connectivity index (χ0v) is 19.9. The van der Waals surface area contributed by atoms with Crippen molar-refractivity contribution in [2.24, 2.45) is 0 Å². The molecule has 0 bridgehead atoms. The highest BCUT2D eigenvalue weighted by Crippen LogP contribution is 2.39. The second-order valence-electron chi connectivity index (χ2n) is 8.03. The molecule has 0 atom stereocenters. The molecule has 1 amide bonds. The number of aromatic nitrogens is 3. The van der Waals surface area contributed by atoms with Crippen LogP contribution in [0.15, 0.2) is 97.5 Å². The Kier molecular flexibility index (Phi) is 6.59. The van der Waals surface area contributed by atoms with Crippen molar-refractivity contribution in [2.45, 2.75) is 13.5 Å². The molecule has 2 aromatic carbocycles. The van der Waals surface area contributed by atoms with E-state index < -0.39 is 0 Å². The highest BCUT2D eigenvalue weighted by molar-refractivity contribution is 7.19. The van der Waals surface area contributed by atoms with Crippen LogP contribution in [0.2, 0.25) is 0 Å². The predicted molar refractivity (Wildman–Crippen MR) is 141 cm³/mol. The van der Waals surface area contributed by atoms with Crippen LogP contribution in [-0.2, 0) is 6.54 Å². The average molecular weight is 478 g/mol. The zero-order chi connectivity index (χ0) is 24.0. The van der Waals surface area contributed by atoms with Gasteiger partial charge in [0.25, 0.3) is 5.91 Å².